The molecule has 1 aromatic rings. The maximum Gasteiger partial charge on any atom is 0.319 e. The van der Waals surface area contributed by atoms with Crippen LogP contribution >= 0.6 is 11.8 Å². The second-order valence-corrected chi connectivity index (χ2v) is 6.78. The molecule has 3 N–H and O–H groups in total. The number of rotatable bonds is 6. The van der Waals surface area contributed by atoms with Gasteiger partial charge >= 0.3 is 6.03 Å². The van der Waals surface area contributed by atoms with Crippen molar-refractivity contribution < 1.29 is 9.90 Å². The lowest BCUT2D eigenvalue weighted by Crippen LogP contribution is -2.32. The second kappa shape index (κ2) is 8.29. The summed E-state index contributed by atoms with van der Waals surface area (Å²) in [5.41, 5.74) is 2.05. The number of urea groups is 1. The second-order valence-electron chi connectivity index (χ2n) is 5.51. The molecular formula is C16H24N2O2S. The van der Waals surface area contributed by atoms with Gasteiger partial charge in [-0.1, -0.05) is 19.1 Å². The van der Waals surface area contributed by atoms with Crippen molar-refractivity contribution in [3.05, 3.63) is 29.8 Å². The normalized spacial score (nSPS) is 21.2. The van der Waals surface area contributed by atoms with Gasteiger partial charge in [-0.05, 0) is 48.6 Å². The molecule has 116 valence electrons. The maximum absolute atomic E-state index is 11.9. The molecule has 1 saturated carbocycles. The summed E-state index contributed by atoms with van der Waals surface area (Å²) in [5, 5.41) is 15.2. The van der Waals surface area contributed by atoms with Crippen LogP contribution in [0.5, 0.6) is 0 Å². The zero-order valence-corrected chi connectivity index (χ0v) is 13.3. The van der Waals surface area contributed by atoms with Crippen molar-refractivity contribution in [2.75, 3.05) is 17.6 Å². The molecule has 2 amide bonds. The lowest BCUT2D eigenvalue weighted by atomic mass is 10.1. The molecule has 0 bridgehead atoms. The number of carbonyl (C=O) groups excluding carboxylic acids is 1. The predicted octanol–water partition coefficient (Wildman–Crippen LogP) is 3.22. The molecular weight excluding hydrogens is 284 g/mol. The average Bonchev–Trinajstić information content (AvgIpc) is 2.89. The molecule has 0 spiro atoms. The molecule has 2 rings (SSSR count). The summed E-state index contributed by atoms with van der Waals surface area (Å²) >= 11 is 1.86. The van der Waals surface area contributed by atoms with E-state index in [2.05, 4.69) is 23.6 Å². The van der Waals surface area contributed by atoms with Crippen LogP contribution in [0.1, 0.15) is 31.7 Å². The number of aliphatic hydroxyl groups excluding tert-OH is 1. The number of nitrogens with one attached hydrogen (secondary N) is 2. The van der Waals surface area contributed by atoms with Crippen LogP contribution in [-0.2, 0) is 5.75 Å². The van der Waals surface area contributed by atoms with Crippen LogP contribution in [0, 0.1) is 5.92 Å². The maximum atomic E-state index is 11.9. The minimum atomic E-state index is -0.187. The van der Waals surface area contributed by atoms with Crippen molar-refractivity contribution in [2.24, 2.45) is 5.92 Å². The minimum absolute atomic E-state index is 0.170. The van der Waals surface area contributed by atoms with Crippen molar-refractivity contribution in [2.45, 2.75) is 38.0 Å². The van der Waals surface area contributed by atoms with Gasteiger partial charge in [0.25, 0.3) is 0 Å². The summed E-state index contributed by atoms with van der Waals surface area (Å²) in [6, 6.07) is 7.79. The first-order chi connectivity index (χ1) is 10.2. The number of hydrogen-bond acceptors (Lipinski definition) is 3. The highest BCUT2D eigenvalue weighted by molar-refractivity contribution is 7.98. The fraction of sp³-hybridized carbons (Fsp3) is 0.562. The van der Waals surface area contributed by atoms with Crippen LogP contribution in [0.2, 0.25) is 0 Å². The van der Waals surface area contributed by atoms with E-state index in [0.717, 1.165) is 36.5 Å². The van der Waals surface area contributed by atoms with E-state index in [1.807, 2.05) is 30.0 Å². The zero-order valence-electron chi connectivity index (χ0n) is 12.5. The summed E-state index contributed by atoms with van der Waals surface area (Å²) in [4.78, 5) is 11.9. The van der Waals surface area contributed by atoms with Crippen LogP contribution in [-0.4, -0.2) is 29.5 Å². The molecule has 0 radical (unpaired) electrons. The Kier molecular flexibility index (Phi) is 6.39. The Balaban J connectivity index is 1.76. The molecule has 0 unspecified atom stereocenters. The van der Waals surface area contributed by atoms with Gasteiger partial charge in [0.1, 0.15) is 0 Å². The number of benzene rings is 1. The van der Waals surface area contributed by atoms with Crippen LogP contribution in [0.15, 0.2) is 24.3 Å². The highest BCUT2D eigenvalue weighted by atomic mass is 32.2. The largest absolute Gasteiger partial charge is 0.393 e. The SMILES string of the molecule is CCSCc1cccc(NC(=O)NC[C@H]2CC[C@@H](O)C2)c1. The number of aliphatic hydroxyl groups is 1. The van der Waals surface area contributed by atoms with Crippen molar-refractivity contribution in [3.8, 4) is 0 Å². The number of anilines is 1. The van der Waals surface area contributed by atoms with E-state index in [0.29, 0.717) is 12.5 Å². The van der Waals surface area contributed by atoms with E-state index in [-0.39, 0.29) is 12.1 Å². The van der Waals surface area contributed by atoms with Gasteiger partial charge in [-0.2, -0.15) is 11.8 Å². The third-order valence-corrected chi connectivity index (χ3v) is 4.67. The summed E-state index contributed by atoms with van der Waals surface area (Å²) in [7, 11) is 0. The Morgan fingerprint density at radius 3 is 3.00 bits per heavy atom. The van der Waals surface area contributed by atoms with Gasteiger partial charge in [0.2, 0.25) is 0 Å². The summed E-state index contributed by atoms with van der Waals surface area (Å²) in [5.74, 6) is 2.46. The highest BCUT2D eigenvalue weighted by Crippen LogP contribution is 2.24. The lowest BCUT2D eigenvalue weighted by molar-refractivity contribution is 0.177. The first-order valence-corrected chi connectivity index (χ1v) is 8.72. The topological polar surface area (TPSA) is 61.4 Å². The predicted molar refractivity (Wildman–Crippen MR) is 88.6 cm³/mol. The minimum Gasteiger partial charge on any atom is -0.393 e. The smallest absolute Gasteiger partial charge is 0.319 e. The average molecular weight is 308 g/mol. The Bertz CT molecular complexity index is 467. The van der Waals surface area contributed by atoms with E-state index in [1.165, 1.54) is 5.56 Å². The molecule has 1 fully saturated rings. The van der Waals surface area contributed by atoms with Crippen molar-refractivity contribution in [1.29, 1.82) is 0 Å². The van der Waals surface area contributed by atoms with Crippen LogP contribution in [0.25, 0.3) is 0 Å². The monoisotopic (exact) mass is 308 g/mol. The number of hydrogen-bond donors (Lipinski definition) is 3. The zero-order chi connectivity index (χ0) is 15.1. The molecule has 0 aliphatic heterocycles. The van der Waals surface area contributed by atoms with Crippen LogP contribution in [0.3, 0.4) is 0 Å². The molecule has 1 aromatic carbocycles. The summed E-state index contributed by atoms with van der Waals surface area (Å²) in [6.07, 6.45) is 2.45. The van der Waals surface area contributed by atoms with Gasteiger partial charge in [0.15, 0.2) is 0 Å². The van der Waals surface area contributed by atoms with Gasteiger partial charge in [0, 0.05) is 18.0 Å². The van der Waals surface area contributed by atoms with Crippen LogP contribution in [0.4, 0.5) is 10.5 Å². The van der Waals surface area contributed by atoms with Crippen molar-refractivity contribution >= 4 is 23.5 Å². The standard InChI is InChI=1S/C16H24N2O2S/c1-2-21-11-13-4-3-5-14(8-13)18-16(20)17-10-12-6-7-15(19)9-12/h3-5,8,12,15,19H,2,6-7,9-11H2,1H3,(H2,17,18,20)/t12-,15+/m0/s1. The van der Waals surface area contributed by atoms with E-state index in [9.17, 15) is 9.90 Å². The van der Waals surface area contributed by atoms with E-state index in [1.54, 1.807) is 0 Å². The Labute approximate surface area is 130 Å². The molecule has 0 aromatic heterocycles. The summed E-state index contributed by atoms with van der Waals surface area (Å²) in [6.45, 7) is 2.77. The highest BCUT2D eigenvalue weighted by Gasteiger charge is 2.22. The number of carbonyl (C=O) groups is 1. The van der Waals surface area contributed by atoms with Gasteiger partial charge < -0.3 is 15.7 Å². The number of thioether (sulfide) groups is 1. The third kappa shape index (κ3) is 5.59. The first kappa shape index (κ1) is 16.2. The van der Waals surface area contributed by atoms with Gasteiger partial charge in [-0.15, -0.1) is 0 Å². The molecule has 4 nitrogen and oxygen atoms in total. The Hall–Kier alpha value is -1.20. The van der Waals surface area contributed by atoms with Crippen LogP contribution < -0.4 is 10.6 Å². The fourth-order valence-corrected chi connectivity index (χ4v) is 3.22. The van der Waals surface area contributed by atoms with Crippen molar-refractivity contribution in [3.63, 3.8) is 0 Å². The fourth-order valence-electron chi connectivity index (χ4n) is 2.61. The first-order valence-electron chi connectivity index (χ1n) is 7.57. The van der Waals surface area contributed by atoms with E-state index >= 15 is 0 Å². The Morgan fingerprint density at radius 2 is 2.29 bits per heavy atom. The lowest BCUT2D eigenvalue weighted by Gasteiger charge is -2.12. The molecule has 0 heterocycles. The molecule has 21 heavy (non-hydrogen) atoms. The van der Waals surface area contributed by atoms with E-state index < -0.39 is 0 Å². The molecule has 2 atom stereocenters. The quantitative estimate of drug-likeness (QED) is 0.756. The molecule has 0 saturated heterocycles. The molecule has 1 aliphatic carbocycles. The van der Waals surface area contributed by atoms with Gasteiger partial charge in [-0.3, -0.25) is 0 Å². The molecule has 5 heteroatoms. The van der Waals surface area contributed by atoms with Gasteiger partial charge in [-0.25, -0.2) is 4.79 Å². The van der Waals surface area contributed by atoms with Gasteiger partial charge in [0.05, 0.1) is 6.10 Å². The molecule has 1 aliphatic rings. The van der Waals surface area contributed by atoms with Crippen molar-refractivity contribution in [1.82, 2.24) is 5.32 Å². The Morgan fingerprint density at radius 1 is 1.43 bits per heavy atom. The summed E-state index contributed by atoms with van der Waals surface area (Å²) < 4.78 is 0. The number of amides is 2. The third-order valence-electron chi connectivity index (χ3n) is 3.72. The van der Waals surface area contributed by atoms with E-state index in [4.69, 9.17) is 0 Å².